The van der Waals surface area contributed by atoms with Gasteiger partial charge in [-0.3, -0.25) is 4.90 Å². The Labute approximate surface area is 153 Å². The zero-order valence-electron chi connectivity index (χ0n) is 16.1. The first-order chi connectivity index (χ1) is 12.1. The largest absolute Gasteiger partial charge is 0.496 e. The first kappa shape index (κ1) is 17.1. The monoisotopic (exact) mass is 339 g/mol. The minimum Gasteiger partial charge on any atom is -0.496 e. The third-order valence-electron chi connectivity index (χ3n) is 7.41. The minimum absolute atomic E-state index is 0.540. The van der Waals surface area contributed by atoms with Crippen LogP contribution in [0.4, 0.5) is 0 Å². The summed E-state index contributed by atoms with van der Waals surface area (Å²) in [6, 6.07) is 8.58. The van der Waals surface area contributed by atoms with E-state index < -0.39 is 0 Å². The van der Waals surface area contributed by atoms with Gasteiger partial charge in [0, 0.05) is 6.54 Å². The lowest BCUT2D eigenvalue weighted by atomic mass is 9.53. The van der Waals surface area contributed by atoms with E-state index in [0.29, 0.717) is 11.3 Å². The van der Waals surface area contributed by atoms with Gasteiger partial charge in [0.25, 0.3) is 0 Å². The second-order valence-corrected chi connectivity index (χ2v) is 8.96. The highest BCUT2D eigenvalue weighted by Crippen LogP contribution is 2.58. The van der Waals surface area contributed by atoms with Crippen LogP contribution in [0.3, 0.4) is 0 Å². The Bertz CT molecular complexity index is 639. The van der Waals surface area contributed by atoms with Crippen LogP contribution in [0.1, 0.15) is 57.4 Å². The molecule has 0 unspecified atom stereocenters. The quantitative estimate of drug-likeness (QED) is 0.694. The molecule has 0 radical (unpaired) electrons. The predicted molar refractivity (Wildman–Crippen MR) is 104 cm³/mol. The topological polar surface area (TPSA) is 12.5 Å². The lowest BCUT2D eigenvalue weighted by Crippen LogP contribution is -2.46. The summed E-state index contributed by atoms with van der Waals surface area (Å²) in [7, 11) is 1.79. The number of ether oxygens (including phenoxy) is 1. The number of likely N-dealkylation sites (tertiary alicyclic amines) is 1. The molecule has 0 spiro atoms. The maximum atomic E-state index is 5.58. The van der Waals surface area contributed by atoms with Crippen molar-refractivity contribution in [2.45, 2.75) is 51.9 Å². The number of benzene rings is 1. The Hall–Kier alpha value is -1.28. The van der Waals surface area contributed by atoms with Crippen molar-refractivity contribution in [3.63, 3.8) is 0 Å². The van der Waals surface area contributed by atoms with E-state index in [1.165, 1.54) is 57.3 Å². The molecular formula is C23H33NO. The molecule has 0 amide bonds. The van der Waals surface area contributed by atoms with Crippen molar-refractivity contribution in [1.29, 1.82) is 0 Å². The number of piperidine rings is 1. The van der Waals surface area contributed by atoms with E-state index in [-0.39, 0.29) is 0 Å². The molecule has 2 nitrogen and oxygen atoms in total. The maximum absolute atomic E-state index is 5.58. The van der Waals surface area contributed by atoms with Gasteiger partial charge >= 0.3 is 0 Å². The average Bonchev–Trinajstić information content (AvgIpc) is 2.93. The first-order valence-electron chi connectivity index (χ1n) is 10.1. The van der Waals surface area contributed by atoms with Gasteiger partial charge in [0.2, 0.25) is 0 Å². The fourth-order valence-corrected chi connectivity index (χ4v) is 5.59. The van der Waals surface area contributed by atoms with Gasteiger partial charge in [-0.25, -0.2) is 0 Å². The molecule has 25 heavy (non-hydrogen) atoms. The van der Waals surface area contributed by atoms with Crippen LogP contribution < -0.4 is 4.74 Å². The standard InChI is InChI=1S/C23H33NO/c1-23(2)19-8-6-7-18(21(23)15-19)16-24-13-11-17(12-14-24)20-9-4-5-10-22(20)25-3/h4-5,7,9-10,17,19,21H,6,8,11-16H2,1-3H3/t19-,21+/m1/s1. The Morgan fingerprint density at radius 2 is 1.88 bits per heavy atom. The molecule has 0 aromatic heterocycles. The average molecular weight is 340 g/mol. The van der Waals surface area contributed by atoms with Crippen LogP contribution in [0.5, 0.6) is 5.75 Å². The van der Waals surface area contributed by atoms with Crippen molar-refractivity contribution < 1.29 is 4.74 Å². The van der Waals surface area contributed by atoms with E-state index in [1.54, 1.807) is 12.7 Å². The number of hydrogen-bond acceptors (Lipinski definition) is 2. The van der Waals surface area contributed by atoms with Gasteiger partial charge in [0.1, 0.15) is 5.75 Å². The molecule has 1 aromatic carbocycles. The van der Waals surface area contributed by atoms with Crippen molar-refractivity contribution in [1.82, 2.24) is 4.90 Å². The molecule has 1 aromatic rings. The van der Waals surface area contributed by atoms with E-state index in [1.807, 2.05) is 0 Å². The van der Waals surface area contributed by atoms with Gasteiger partial charge in [-0.05, 0) is 80.0 Å². The number of nitrogens with zero attached hydrogens (tertiary/aromatic N) is 1. The minimum atomic E-state index is 0.540. The van der Waals surface area contributed by atoms with Crippen LogP contribution in [0.25, 0.3) is 0 Å². The summed E-state index contributed by atoms with van der Waals surface area (Å²) < 4.78 is 5.58. The zero-order valence-corrected chi connectivity index (χ0v) is 16.1. The Morgan fingerprint density at radius 3 is 2.60 bits per heavy atom. The van der Waals surface area contributed by atoms with Crippen molar-refractivity contribution in [3.05, 3.63) is 41.5 Å². The highest BCUT2D eigenvalue weighted by Gasteiger charge is 2.49. The molecule has 2 bridgehead atoms. The highest BCUT2D eigenvalue weighted by molar-refractivity contribution is 5.36. The number of para-hydroxylation sites is 1. The molecule has 2 atom stereocenters. The SMILES string of the molecule is COc1ccccc1C1CCN(CC2=CCC[C@@H]3C[C@@H]2C3(C)C)CC1. The van der Waals surface area contributed by atoms with Crippen molar-refractivity contribution >= 4 is 0 Å². The predicted octanol–water partition coefficient (Wildman–Crippen LogP) is 5.26. The summed E-state index contributed by atoms with van der Waals surface area (Å²) in [5.74, 6) is 3.52. The van der Waals surface area contributed by atoms with E-state index in [0.717, 1.165) is 17.6 Å². The third-order valence-corrected chi connectivity index (χ3v) is 7.41. The summed E-state index contributed by atoms with van der Waals surface area (Å²) in [6.07, 6.45) is 9.25. The summed E-state index contributed by atoms with van der Waals surface area (Å²) in [6.45, 7) is 8.64. The summed E-state index contributed by atoms with van der Waals surface area (Å²) >= 11 is 0. The van der Waals surface area contributed by atoms with Gasteiger partial charge < -0.3 is 4.74 Å². The first-order valence-corrected chi connectivity index (χ1v) is 10.1. The number of allylic oxidation sites excluding steroid dienone is 1. The summed E-state index contributed by atoms with van der Waals surface area (Å²) in [4.78, 5) is 2.70. The number of rotatable bonds is 4. The third kappa shape index (κ3) is 3.14. The van der Waals surface area contributed by atoms with E-state index in [4.69, 9.17) is 4.74 Å². The molecule has 1 heterocycles. The van der Waals surface area contributed by atoms with E-state index >= 15 is 0 Å². The second-order valence-electron chi connectivity index (χ2n) is 8.96. The fraction of sp³-hybridized carbons (Fsp3) is 0.652. The number of fused-ring (bicyclic) bond motifs is 2. The van der Waals surface area contributed by atoms with Gasteiger partial charge in [0.05, 0.1) is 7.11 Å². The molecule has 1 saturated heterocycles. The molecule has 4 aliphatic rings. The number of hydrogen-bond donors (Lipinski definition) is 0. The van der Waals surface area contributed by atoms with Gasteiger partial charge in [-0.2, -0.15) is 0 Å². The highest BCUT2D eigenvalue weighted by atomic mass is 16.5. The van der Waals surface area contributed by atoms with Crippen LogP contribution in [-0.2, 0) is 0 Å². The second kappa shape index (κ2) is 6.79. The van der Waals surface area contributed by atoms with Crippen LogP contribution >= 0.6 is 0 Å². The summed E-state index contributed by atoms with van der Waals surface area (Å²) in [5, 5.41) is 0. The molecule has 1 aliphatic heterocycles. The Morgan fingerprint density at radius 1 is 1.12 bits per heavy atom. The van der Waals surface area contributed by atoms with E-state index in [9.17, 15) is 0 Å². The van der Waals surface area contributed by atoms with Crippen molar-refractivity contribution in [3.8, 4) is 5.75 Å². The normalized spacial score (nSPS) is 29.5. The van der Waals surface area contributed by atoms with Gasteiger partial charge in [-0.1, -0.05) is 43.7 Å². The van der Waals surface area contributed by atoms with Gasteiger partial charge in [0.15, 0.2) is 0 Å². The molecule has 3 aliphatic carbocycles. The lowest BCUT2D eigenvalue weighted by Gasteiger charge is -2.53. The lowest BCUT2D eigenvalue weighted by molar-refractivity contribution is 0.000616. The molecular weight excluding hydrogens is 306 g/mol. The summed E-state index contributed by atoms with van der Waals surface area (Å²) in [5.41, 5.74) is 3.69. The Balaban J connectivity index is 1.37. The fourth-order valence-electron chi connectivity index (χ4n) is 5.59. The zero-order chi connectivity index (χ0) is 17.4. The smallest absolute Gasteiger partial charge is 0.122 e. The maximum Gasteiger partial charge on any atom is 0.122 e. The molecule has 136 valence electrons. The van der Waals surface area contributed by atoms with Crippen LogP contribution in [-0.4, -0.2) is 31.6 Å². The van der Waals surface area contributed by atoms with Crippen LogP contribution in [0, 0.1) is 17.3 Å². The molecule has 0 N–H and O–H groups in total. The molecule has 2 fully saturated rings. The molecule has 1 saturated carbocycles. The molecule has 5 rings (SSSR count). The van der Waals surface area contributed by atoms with Gasteiger partial charge in [-0.15, -0.1) is 0 Å². The van der Waals surface area contributed by atoms with E-state index in [2.05, 4.69) is 49.1 Å². The number of methoxy groups -OCH3 is 1. The van der Waals surface area contributed by atoms with Crippen molar-refractivity contribution in [2.24, 2.45) is 17.3 Å². The molecule has 2 heteroatoms. The Kier molecular flexibility index (Phi) is 4.66. The van der Waals surface area contributed by atoms with Crippen molar-refractivity contribution in [2.75, 3.05) is 26.7 Å². The van der Waals surface area contributed by atoms with Crippen LogP contribution in [0.2, 0.25) is 0 Å². The van der Waals surface area contributed by atoms with Crippen LogP contribution in [0.15, 0.2) is 35.9 Å².